The van der Waals surface area contributed by atoms with E-state index in [1.165, 1.54) is 11.5 Å². The number of pyridine rings is 1. The Morgan fingerprint density at radius 3 is 3.27 bits per heavy atom. The van der Waals surface area contributed by atoms with E-state index < -0.39 is 0 Å². The van der Waals surface area contributed by atoms with E-state index in [4.69, 9.17) is 5.73 Å². The Balaban J connectivity index is 2.79. The second-order valence-electron chi connectivity index (χ2n) is 2.21. The molecule has 0 saturated heterocycles. The van der Waals surface area contributed by atoms with E-state index in [9.17, 15) is 0 Å². The topological polar surface area (TPSA) is 51.8 Å². The number of fused-ring (bicyclic) bond motifs is 1. The summed E-state index contributed by atoms with van der Waals surface area (Å²) < 4.78 is 5.14. The van der Waals surface area contributed by atoms with Gasteiger partial charge in [0, 0.05) is 12.7 Å². The van der Waals surface area contributed by atoms with E-state index >= 15 is 0 Å². The molecule has 4 heteroatoms. The second-order valence-corrected chi connectivity index (χ2v) is 3.02. The van der Waals surface area contributed by atoms with Crippen LogP contribution in [0.3, 0.4) is 0 Å². The summed E-state index contributed by atoms with van der Waals surface area (Å²) in [5, 5.41) is 0. The molecule has 0 aliphatic rings. The number of hydrogen-bond acceptors (Lipinski definition) is 4. The number of nitrogens with two attached hydrogens (primary N) is 1. The van der Waals surface area contributed by atoms with Gasteiger partial charge in [0.15, 0.2) is 0 Å². The van der Waals surface area contributed by atoms with Crippen LogP contribution < -0.4 is 5.73 Å². The van der Waals surface area contributed by atoms with Crippen molar-refractivity contribution < 1.29 is 0 Å². The van der Waals surface area contributed by atoms with Crippen LogP contribution in [0, 0.1) is 0 Å². The van der Waals surface area contributed by atoms with Crippen molar-refractivity contribution in [3.8, 4) is 0 Å². The molecule has 0 bridgehead atoms. The third-order valence-corrected chi connectivity index (χ3v) is 2.42. The summed E-state index contributed by atoms with van der Waals surface area (Å²) in [6.07, 6.45) is 3.53. The first-order valence-corrected chi connectivity index (χ1v) is 4.07. The molecule has 0 aliphatic carbocycles. The highest BCUT2D eigenvalue weighted by atomic mass is 32.1. The predicted octanol–water partition coefficient (Wildman–Crippen LogP) is 1.15. The minimum atomic E-state index is 0.557. The molecule has 2 rings (SSSR count). The summed E-state index contributed by atoms with van der Waals surface area (Å²) >= 11 is 1.45. The van der Waals surface area contributed by atoms with E-state index in [1.54, 1.807) is 12.4 Å². The molecule has 0 amide bonds. The fourth-order valence-electron chi connectivity index (χ4n) is 0.993. The van der Waals surface area contributed by atoms with Gasteiger partial charge in [-0.25, -0.2) is 0 Å². The lowest BCUT2D eigenvalue weighted by Gasteiger charge is -1.94. The van der Waals surface area contributed by atoms with E-state index in [2.05, 4.69) is 9.36 Å². The van der Waals surface area contributed by atoms with E-state index in [0.29, 0.717) is 6.54 Å². The van der Waals surface area contributed by atoms with Crippen molar-refractivity contribution in [2.75, 3.05) is 0 Å². The van der Waals surface area contributed by atoms with Crippen molar-refractivity contribution >= 4 is 21.7 Å². The van der Waals surface area contributed by atoms with Crippen LogP contribution in [0.2, 0.25) is 0 Å². The molecule has 2 heterocycles. The smallest absolute Gasteiger partial charge is 0.101 e. The maximum absolute atomic E-state index is 5.53. The first-order chi connectivity index (χ1) is 5.42. The van der Waals surface area contributed by atoms with Gasteiger partial charge in [0.1, 0.15) is 5.52 Å². The average molecular weight is 165 g/mol. The summed E-state index contributed by atoms with van der Waals surface area (Å²) in [4.78, 5) is 4.14. The van der Waals surface area contributed by atoms with Crippen LogP contribution in [0.1, 0.15) is 5.56 Å². The minimum absolute atomic E-state index is 0.557. The fraction of sp³-hybridized carbons (Fsp3) is 0.143. The predicted molar refractivity (Wildman–Crippen MR) is 45.3 cm³/mol. The maximum Gasteiger partial charge on any atom is 0.101 e. The second kappa shape index (κ2) is 2.56. The van der Waals surface area contributed by atoms with E-state index in [0.717, 1.165) is 15.8 Å². The lowest BCUT2D eigenvalue weighted by Crippen LogP contribution is -1.95. The highest BCUT2D eigenvalue weighted by Crippen LogP contribution is 2.19. The molecule has 2 aromatic heterocycles. The van der Waals surface area contributed by atoms with Gasteiger partial charge in [-0.3, -0.25) is 4.98 Å². The summed E-state index contributed by atoms with van der Waals surface area (Å²) in [7, 11) is 0. The van der Waals surface area contributed by atoms with Crippen LogP contribution in [-0.2, 0) is 6.54 Å². The van der Waals surface area contributed by atoms with Gasteiger partial charge in [-0.1, -0.05) is 0 Å². The van der Waals surface area contributed by atoms with Gasteiger partial charge in [0.05, 0.1) is 10.9 Å². The molecule has 0 saturated carbocycles. The fourth-order valence-corrected chi connectivity index (χ4v) is 1.72. The molecule has 0 unspecified atom stereocenters. The lowest BCUT2D eigenvalue weighted by atomic mass is 10.2. The van der Waals surface area contributed by atoms with Crippen LogP contribution in [0.25, 0.3) is 10.2 Å². The monoisotopic (exact) mass is 165 g/mol. The van der Waals surface area contributed by atoms with E-state index in [-0.39, 0.29) is 0 Å². The summed E-state index contributed by atoms with van der Waals surface area (Å²) in [6.45, 7) is 0.557. The Kier molecular flexibility index (Phi) is 1.56. The van der Waals surface area contributed by atoms with Crippen molar-refractivity contribution in [2.24, 2.45) is 5.73 Å². The largest absolute Gasteiger partial charge is 0.326 e. The average Bonchev–Trinajstić information content (AvgIpc) is 2.50. The molecule has 2 aromatic rings. The zero-order valence-corrected chi connectivity index (χ0v) is 6.64. The number of nitrogens with zero attached hydrogens (tertiary/aromatic N) is 2. The molecule has 0 aromatic carbocycles. The third kappa shape index (κ3) is 1.00. The Labute approximate surface area is 68.0 Å². The molecule has 3 nitrogen and oxygen atoms in total. The van der Waals surface area contributed by atoms with Crippen LogP contribution in [-0.4, -0.2) is 9.36 Å². The quantitative estimate of drug-likeness (QED) is 0.689. The molecular formula is C7H7N3S. The standard InChI is InChI=1S/C7H7N3S/c8-3-5-1-2-9-6-4-10-11-7(5)6/h1-2,4H,3,8H2. The first-order valence-electron chi connectivity index (χ1n) is 3.30. The molecule has 2 N–H and O–H groups in total. The molecular weight excluding hydrogens is 158 g/mol. The normalized spacial score (nSPS) is 10.6. The Bertz CT molecular complexity index is 368. The van der Waals surface area contributed by atoms with Gasteiger partial charge in [-0.05, 0) is 23.2 Å². The SMILES string of the molecule is NCc1ccnc2cnsc12. The molecule has 56 valence electrons. The molecule has 0 spiro atoms. The number of aromatic nitrogens is 2. The molecule has 0 fully saturated rings. The van der Waals surface area contributed by atoms with Crippen LogP contribution in [0.15, 0.2) is 18.5 Å². The van der Waals surface area contributed by atoms with Crippen LogP contribution in [0.4, 0.5) is 0 Å². The van der Waals surface area contributed by atoms with Gasteiger partial charge < -0.3 is 5.73 Å². The van der Waals surface area contributed by atoms with Gasteiger partial charge in [-0.15, -0.1) is 0 Å². The van der Waals surface area contributed by atoms with Crippen LogP contribution in [0.5, 0.6) is 0 Å². The van der Waals surface area contributed by atoms with Gasteiger partial charge in [0.25, 0.3) is 0 Å². The van der Waals surface area contributed by atoms with E-state index in [1.807, 2.05) is 6.07 Å². The highest BCUT2D eigenvalue weighted by Gasteiger charge is 2.00. The zero-order chi connectivity index (χ0) is 7.68. The minimum Gasteiger partial charge on any atom is -0.326 e. The molecule has 0 aliphatic heterocycles. The lowest BCUT2D eigenvalue weighted by molar-refractivity contribution is 1.08. The number of hydrogen-bond donors (Lipinski definition) is 1. The van der Waals surface area contributed by atoms with Crippen LogP contribution >= 0.6 is 11.5 Å². The van der Waals surface area contributed by atoms with Gasteiger partial charge >= 0.3 is 0 Å². The molecule has 0 radical (unpaired) electrons. The Hall–Kier alpha value is -1.00. The maximum atomic E-state index is 5.53. The number of rotatable bonds is 1. The first kappa shape index (κ1) is 6.69. The van der Waals surface area contributed by atoms with Crippen molar-refractivity contribution in [2.45, 2.75) is 6.54 Å². The Morgan fingerprint density at radius 2 is 2.45 bits per heavy atom. The zero-order valence-electron chi connectivity index (χ0n) is 5.82. The summed E-state index contributed by atoms with van der Waals surface area (Å²) in [6, 6.07) is 1.93. The third-order valence-electron chi connectivity index (χ3n) is 1.55. The van der Waals surface area contributed by atoms with Crippen molar-refractivity contribution in [3.63, 3.8) is 0 Å². The van der Waals surface area contributed by atoms with Crippen molar-refractivity contribution in [1.82, 2.24) is 9.36 Å². The summed E-state index contributed by atoms with van der Waals surface area (Å²) in [5.74, 6) is 0. The molecule has 0 atom stereocenters. The summed E-state index contributed by atoms with van der Waals surface area (Å²) in [5.41, 5.74) is 7.59. The Morgan fingerprint density at radius 1 is 1.55 bits per heavy atom. The van der Waals surface area contributed by atoms with Crippen molar-refractivity contribution in [3.05, 3.63) is 24.0 Å². The molecule has 11 heavy (non-hydrogen) atoms. The van der Waals surface area contributed by atoms with Gasteiger partial charge in [0.2, 0.25) is 0 Å². The van der Waals surface area contributed by atoms with Gasteiger partial charge in [-0.2, -0.15) is 4.37 Å². The highest BCUT2D eigenvalue weighted by molar-refractivity contribution is 7.13. The van der Waals surface area contributed by atoms with Crippen molar-refractivity contribution in [1.29, 1.82) is 0 Å².